The van der Waals surface area contributed by atoms with E-state index >= 15 is 0 Å². The third-order valence-corrected chi connectivity index (χ3v) is 2.77. The third-order valence-electron chi connectivity index (χ3n) is 2.77. The molecule has 1 aliphatic heterocycles. The quantitative estimate of drug-likeness (QED) is 0.723. The summed E-state index contributed by atoms with van der Waals surface area (Å²) < 4.78 is 0. The standard InChI is InChI=1S/C10H23N3.3BrH/c1-12(2)7-4-8-13(3)10-5-6-11-9-10;;;/h10-11H,4-9H2,1-3H3;3*1H/t10-;;;/m0.../s1. The number of likely N-dealkylation sites (N-methyl/N-ethyl adjacent to an activating group) is 1. The van der Waals surface area contributed by atoms with Gasteiger partial charge in [0.25, 0.3) is 0 Å². The van der Waals surface area contributed by atoms with Gasteiger partial charge in [0.05, 0.1) is 0 Å². The van der Waals surface area contributed by atoms with Gasteiger partial charge in [-0.3, -0.25) is 0 Å². The van der Waals surface area contributed by atoms with E-state index in [9.17, 15) is 0 Å². The summed E-state index contributed by atoms with van der Waals surface area (Å²) in [4.78, 5) is 4.74. The Labute approximate surface area is 132 Å². The van der Waals surface area contributed by atoms with Crippen LogP contribution in [0.5, 0.6) is 0 Å². The van der Waals surface area contributed by atoms with E-state index in [0.29, 0.717) is 0 Å². The first-order valence-corrected chi connectivity index (χ1v) is 5.26. The average molecular weight is 428 g/mol. The van der Waals surface area contributed by atoms with Gasteiger partial charge in [-0.25, -0.2) is 0 Å². The summed E-state index contributed by atoms with van der Waals surface area (Å²) in [6, 6.07) is 0.780. The van der Waals surface area contributed by atoms with Gasteiger partial charge in [-0.05, 0) is 53.6 Å². The van der Waals surface area contributed by atoms with Gasteiger partial charge in [0.1, 0.15) is 0 Å². The smallest absolute Gasteiger partial charge is 0.0229 e. The van der Waals surface area contributed by atoms with Crippen LogP contribution in [0.25, 0.3) is 0 Å². The molecule has 0 amide bonds. The van der Waals surface area contributed by atoms with Crippen LogP contribution in [0.3, 0.4) is 0 Å². The van der Waals surface area contributed by atoms with E-state index < -0.39 is 0 Å². The molecule has 0 aromatic carbocycles. The van der Waals surface area contributed by atoms with Crippen LogP contribution in [-0.2, 0) is 0 Å². The van der Waals surface area contributed by atoms with Crippen molar-refractivity contribution in [3.8, 4) is 0 Å². The fraction of sp³-hybridized carbons (Fsp3) is 1.00. The number of hydrogen-bond donors (Lipinski definition) is 1. The molecular weight excluding hydrogens is 402 g/mol. The molecule has 0 aromatic heterocycles. The van der Waals surface area contributed by atoms with Crippen molar-refractivity contribution in [2.45, 2.75) is 18.9 Å². The Kier molecular flexibility index (Phi) is 18.0. The van der Waals surface area contributed by atoms with E-state index in [1.54, 1.807) is 0 Å². The van der Waals surface area contributed by atoms with Crippen molar-refractivity contribution in [3.05, 3.63) is 0 Å². The van der Waals surface area contributed by atoms with Crippen molar-refractivity contribution in [2.75, 3.05) is 47.3 Å². The zero-order valence-electron chi connectivity index (χ0n) is 10.4. The summed E-state index contributed by atoms with van der Waals surface area (Å²) >= 11 is 0. The minimum atomic E-state index is 0. The van der Waals surface area contributed by atoms with Gasteiger partial charge in [0, 0.05) is 12.6 Å². The van der Waals surface area contributed by atoms with Gasteiger partial charge in [-0.2, -0.15) is 0 Å². The van der Waals surface area contributed by atoms with Crippen molar-refractivity contribution in [1.29, 1.82) is 0 Å². The molecule has 16 heavy (non-hydrogen) atoms. The Hall–Kier alpha value is 1.32. The van der Waals surface area contributed by atoms with Crippen LogP contribution in [0, 0.1) is 0 Å². The number of halogens is 3. The molecule has 1 N–H and O–H groups in total. The van der Waals surface area contributed by atoms with Gasteiger partial charge in [-0.15, -0.1) is 50.9 Å². The molecule has 102 valence electrons. The number of nitrogens with zero attached hydrogens (tertiary/aromatic N) is 2. The van der Waals surface area contributed by atoms with Crippen LogP contribution < -0.4 is 5.32 Å². The molecule has 3 nitrogen and oxygen atoms in total. The van der Waals surface area contributed by atoms with Crippen molar-refractivity contribution in [2.24, 2.45) is 0 Å². The molecule has 0 saturated carbocycles. The summed E-state index contributed by atoms with van der Waals surface area (Å²) in [5, 5.41) is 3.40. The van der Waals surface area contributed by atoms with Crippen LogP contribution in [-0.4, -0.2) is 63.2 Å². The molecule has 0 aliphatic carbocycles. The molecule has 1 heterocycles. The number of rotatable bonds is 5. The zero-order valence-corrected chi connectivity index (χ0v) is 15.6. The molecule has 6 heteroatoms. The lowest BCUT2D eigenvalue weighted by Crippen LogP contribution is -2.35. The second-order valence-electron chi connectivity index (χ2n) is 4.28. The Morgan fingerprint density at radius 2 is 1.69 bits per heavy atom. The molecular formula is C10H26Br3N3. The maximum absolute atomic E-state index is 3.40. The topological polar surface area (TPSA) is 18.5 Å². The summed E-state index contributed by atoms with van der Waals surface area (Å²) in [5.74, 6) is 0. The average Bonchev–Trinajstić information content (AvgIpc) is 2.55. The zero-order chi connectivity index (χ0) is 9.68. The summed E-state index contributed by atoms with van der Waals surface area (Å²) in [6.07, 6.45) is 2.60. The molecule has 1 aliphatic rings. The minimum absolute atomic E-state index is 0. The van der Waals surface area contributed by atoms with E-state index in [1.165, 1.54) is 39.0 Å². The first kappa shape index (κ1) is 22.5. The van der Waals surface area contributed by atoms with Gasteiger partial charge >= 0.3 is 0 Å². The number of hydrogen-bond acceptors (Lipinski definition) is 3. The predicted octanol–water partition coefficient (Wildman–Crippen LogP) is 1.97. The van der Waals surface area contributed by atoms with Gasteiger partial charge in [0.15, 0.2) is 0 Å². The molecule has 1 fully saturated rings. The first-order valence-electron chi connectivity index (χ1n) is 5.26. The minimum Gasteiger partial charge on any atom is -0.315 e. The van der Waals surface area contributed by atoms with Crippen LogP contribution in [0.2, 0.25) is 0 Å². The highest BCUT2D eigenvalue weighted by atomic mass is 79.9. The summed E-state index contributed by atoms with van der Waals surface area (Å²) in [7, 11) is 6.52. The van der Waals surface area contributed by atoms with E-state index in [-0.39, 0.29) is 50.9 Å². The SMILES string of the molecule is Br.Br.Br.CN(C)CCCN(C)[C@H]1CCNC1. The van der Waals surface area contributed by atoms with Crippen molar-refractivity contribution < 1.29 is 0 Å². The molecule has 1 saturated heterocycles. The van der Waals surface area contributed by atoms with E-state index in [2.05, 4.69) is 36.3 Å². The fourth-order valence-corrected chi connectivity index (χ4v) is 1.83. The normalized spacial score (nSPS) is 18.9. The van der Waals surface area contributed by atoms with Gasteiger partial charge in [-0.1, -0.05) is 0 Å². The van der Waals surface area contributed by atoms with E-state index in [0.717, 1.165) is 6.04 Å². The second-order valence-corrected chi connectivity index (χ2v) is 4.28. The van der Waals surface area contributed by atoms with Crippen molar-refractivity contribution in [3.63, 3.8) is 0 Å². The largest absolute Gasteiger partial charge is 0.315 e. The maximum atomic E-state index is 3.40. The Morgan fingerprint density at radius 1 is 1.06 bits per heavy atom. The Morgan fingerprint density at radius 3 is 2.12 bits per heavy atom. The van der Waals surface area contributed by atoms with E-state index in [4.69, 9.17) is 0 Å². The highest BCUT2D eigenvalue weighted by Gasteiger charge is 2.18. The van der Waals surface area contributed by atoms with Crippen LogP contribution >= 0.6 is 50.9 Å². The lowest BCUT2D eigenvalue weighted by molar-refractivity contribution is 0.241. The predicted molar refractivity (Wildman–Crippen MR) is 88.0 cm³/mol. The molecule has 1 rings (SSSR count). The number of nitrogens with one attached hydrogen (secondary N) is 1. The van der Waals surface area contributed by atoms with Gasteiger partial charge < -0.3 is 15.1 Å². The highest BCUT2D eigenvalue weighted by molar-refractivity contribution is 8.93. The monoisotopic (exact) mass is 425 g/mol. The summed E-state index contributed by atoms with van der Waals surface area (Å²) in [5.41, 5.74) is 0. The lowest BCUT2D eigenvalue weighted by atomic mass is 10.2. The van der Waals surface area contributed by atoms with Crippen LogP contribution in [0.15, 0.2) is 0 Å². The second kappa shape index (κ2) is 12.8. The molecule has 0 spiro atoms. The van der Waals surface area contributed by atoms with Crippen LogP contribution in [0.1, 0.15) is 12.8 Å². The van der Waals surface area contributed by atoms with E-state index in [1.807, 2.05) is 0 Å². The third kappa shape index (κ3) is 9.36. The Balaban J connectivity index is -0.000000563. The lowest BCUT2D eigenvalue weighted by Gasteiger charge is -2.23. The highest BCUT2D eigenvalue weighted by Crippen LogP contribution is 2.06. The summed E-state index contributed by atoms with van der Waals surface area (Å²) in [6.45, 7) is 4.80. The fourth-order valence-electron chi connectivity index (χ4n) is 1.83. The molecule has 0 aromatic rings. The molecule has 0 bridgehead atoms. The van der Waals surface area contributed by atoms with Crippen LogP contribution in [0.4, 0.5) is 0 Å². The van der Waals surface area contributed by atoms with Gasteiger partial charge in [0.2, 0.25) is 0 Å². The van der Waals surface area contributed by atoms with Crippen molar-refractivity contribution >= 4 is 50.9 Å². The Bertz CT molecular complexity index is 141. The molecule has 0 radical (unpaired) electrons. The molecule has 1 atom stereocenters. The molecule has 0 unspecified atom stereocenters. The van der Waals surface area contributed by atoms with Crippen molar-refractivity contribution in [1.82, 2.24) is 15.1 Å². The first-order chi connectivity index (χ1) is 6.20. The maximum Gasteiger partial charge on any atom is 0.0229 e.